The molecule has 0 N–H and O–H groups in total. The van der Waals surface area contributed by atoms with Gasteiger partial charge in [0, 0.05) is 45.6 Å². The lowest BCUT2D eigenvalue weighted by Gasteiger charge is -2.30. The van der Waals surface area contributed by atoms with Crippen molar-refractivity contribution in [3.05, 3.63) is 223 Å². The standard InChI is InChI=1S/C56H43N5/c1-38-23-26-42(27-24-38)59(54-21-11-13-31-57-54)44-33-40(39-25-30-53-49(35-39)48-18-8-10-20-52(48)61(53)41-15-5-4-6-16-41)34-45(36-44)60(55-22-12-14-32-58-55)43-28-29-47-46-17-7-9-19-50(46)56(2,3)51(47)37-43/h4-37H,1-3H3. The van der Waals surface area contributed by atoms with E-state index in [9.17, 15) is 0 Å². The number of benzene rings is 7. The summed E-state index contributed by atoms with van der Waals surface area (Å²) in [6.45, 7) is 6.80. The molecule has 0 radical (unpaired) electrons. The highest BCUT2D eigenvalue weighted by Gasteiger charge is 2.36. The van der Waals surface area contributed by atoms with E-state index < -0.39 is 0 Å². The number of aryl methyl sites for hydroxylation is 1. The minimum absolute atomic E-state index is 0.166. The summed E-state index contributed by atoms with van der Waals surface area (Å²) in [6, 6.07) is 69.8. The molecule has 0 amide bonds. The van der Waals surface area contributed by atoms with Crippen LogP contribution in [0.3, 0.4) is 0 Å². The Morgan fingerprint density at radius 2 is 1.03 bits per heavy atom. The third kappa shape index (κ3) is 6.17. The molecule has 0 atom stereocenters. The maximum Gasteiger partial charge on any atom is 0.137 e. The predicted molar refractivity (Wildman–Crippen MR) is 253 cm³/mol. The van der Waals surface area contributed by atoms with Crippen LogP contribution in [0.5, 0.6) is 0 Å². The Kier molecular flexibility index (Phi) is 8.64. The second kappa shape index (κ2) is 14.5. The van der Waals surface area contributed by atoms with Crippen molar-refractivity contribution >= 4 is 56.2 Å². The summed E-state index contributed by atoms with van der Waals surface area (Å²) in [4.78, 5) is 14.5. The maximum absolute atomic E-state index is 5.01. The SMILES string of the molecule is Cc1ccc(N(c2cc(-c3ccc4c(c3)c3ccccc3n4-c3ccccc3)cc(N(c3ccc4c(c3)C(C)(C)c3ccccc3-4)c3ccccn3)c2)c2ccccn2)cc1. The molecule has 0 unspecified atom stereocenters. The van der Waals surface area contributed by atoms with E-state index in [1.165, 1.54) is 49.6 Å². The smallest absolute Gasteiger partial charge is 0.137 e. The summed E-state index contributed by atoms with van der Waals surface area (Å²) in [5, 5.41) is 2.41. The molecule has 1 aliphatic rings. The molecule has 7 aromatic carbocycles. The van der Waals surface area contributed by atoms with Crippen molar-refractivity contribution in [3.8, 4) is 27.9 Å². The highest BCUT2D eigenvalue weighted by Crippen LogP contribution is 2.51. The van der Waals surface area contributed by atoms with Crippen LogP contribution in [-0.4, -0.2) is 14.5 Å². The zero-order valence-corrected chi connectivity index (χ0v) is 34.4. The Bertz CT molecular complexity index is 3230. The van der Waals surface area contributed by atoms with Crippen LogP contribution in [-0.2, 0) is 5.41 Å². The van der Waals surface area contributed by atoms with Gasteiger partial charge in [0.2, 0.25) is 0 Å². The minimum Gasteiger partial charge on any atom is -0.309 e. The molecule has 0 saturated carbocycles. The first-order chi connectivity index (χ1) is 29.9. The highest BCUT2D eigenvalue weighted by molar-refractivity contribution is 6.10. The Labute approximate surface area is 356 Å². The Morgan fingerprint density at radius 1 is 0.426 bits per heavy atom. The first-order valence-electron chi connectivity index (χ1n) is 20.9. The zero-order valence-electron chi connectivity index (χ0n) is 34.4. The van der Waals surface area contributed by atoms with Crippen molar-refractivity contribution in [1.29, 1.82) is 0 Å². The van der Waals surface area contributed by atoms with Crippen LogP contribution >= 0.6 is 0 Å². The number of nitrogens with zero attached hydrogens (tertiary/aromatic N) is 5. The average molecular weight is 786 g/mol. The van der Waals surface area contributed by atoms with Gasteiger partial charge in [-0.25, -0.2) is 9.97 Å². The number of pyridine rings is 2. The van der Waals surface area contributed by atoms with E-state index in [0.717, 1.165) is 51.2 Å². The van der Waals surface area contributed by atoms with Crippen LogP contribution in [0.1, 0.15) is 30.5 Å². The Morgan fingerprint density at radius 3 is 1.75 bits per heavy atom. The van der Waals surface area contributed by atoms with Gasteiger partial charge in [0.15, 0.2) is 0 Å². The number of anilines is 6. The number of para-hydroxylation sites is 2. The van der Waals surface area contributed by atoms with Gasteiger partial charge in [0.25, 0.3) is 0 Å². The third-order valence-electron chi connectivity index (χ3n) is 12.3. The van der Waals surface area contributed by atoms with Crippen LogP contribution in [0.2, 0.25) is 0 Å². The van der Waals surface area contributed by atoms with E-state index in [2.05, 4.69) is 217 Å². The Hall–Kier alpha value is -7.76. The summed E-state index contributed by atoms with van der Waals surface area (Å²) in [5.74, 6) is 1.66. The lowest BCUT2D eigenvalue weighted by molar-refractivity contribution is 0.660. The van der Waals surface area contributed by atoms with Crippen LogP contribution < -0.4 is 9.80 Å². The molecule has 0 spiro atoms. The monoisotopic (exact) mass is 785 g/mol. The first-order valence-corrected chi connectivity index (χ1v) is 20.9. The Balaban J connectivity index is 1.16. The minimum atomic E-state index is -0.166. The molecule has 11 rings (SSSR count). The number of aromatic nitrogens is 3. The zero-order chi connectivity index (χ0) is 41.1. The van der Waals surface area contributed by atoms with Crippen LogP contribution in [0.25, 0.3) is 49.7 Å². The van der Waals surface area contributed by atoms with Crippen molar-refractivity contribution in [1.82, 2.24) is 14.5 Å². The summed E-state index contributed by atoms with van der Waals surface area (Å²) in [7, 11) is 0. The summed E-state index contributed by atoms with van der Waals surface area (Å²) in [6.07, 6.45) is 3.74. The van der Waals surface area contributed by atoms with Crippen molar-refractivity contribution in [2.75, 3.05) is 9.80 Å². The molecule has 5 nitrogen and oxygen atoms in total. The molecule has 0 bridgehead atoms. The van der Waals surface area contributed by atoms with E-state index in [0.29, 0.717) is 0 Å². The highest BCUT2D eigenvalue weighted by atomic mass is 15.2. The van der Waals surface area contributed by atoms with E-state index in [4.69, 9.17) is 9.97 Å². The molecule has 3 aromatic heterocycles. The van der Waals surface area contributed by atoms with E-state index in [-0.39, 0.29) is 5.41 Å². The molecule has 3 heterocycles. The van der Waals surface area contributed by atoms with Crippen LogP contribution in [0, 0.1) is 6.92 Å². The molecule has 61 heavy (non-hydrogen) atoms. The lowest BCUT2D eigenvalue weighted by atomic mass is 9.82. The summed E-state index contributed by atoms with van der Waals surface area (Å²) < 4.78 is 2.37. The predicted octanol–water partition coefficient (Wildman–Crippen LogP) is 14.8. The molecule has 0 aliphatic heterocycles. The lowest BCUT2D eigenvalue weighted by Crippen LogP contribution is -2.17. The van der Waals surface area contributed by atoms with Gasteiger partial charge in [0.1, 0.15) is 11.6 Å². The van der Waals surface area contributed by atoms with Gasteiger partial charge in [-0.3, -0.25) is 9.80 Å². The summed E-state index contributed by atoms with van der Waals surface area (Å²) >= 11 is 0. The van der Waals surface area contributed by atoms with Crippen molar-refractivity contribution < 1.29 is 0 Å². The topological polar surface area (TPSA) is 37.2 Å². The summed E-state index contributed by atoms with van der Waals surface area (Å²) in [5.41, 5.74) is 16.0. The molecule has 0 saturated heterocycles. The van der Waals surface area contributed by atoms with Crippen molar-refractivity contribution in [3.63, 3.8) is 0 Å². The van der Waals surface area contributed by atoms with Crippen molar-refractivity contribution in [2.24, 2.45) is 0 Å². The van der Waals surface area contributed by atoms with E-state index in [1.54, 1.807) is 0 Å². The number of rotatable bonds is 8. The van der Waals surface area contributed by atoms with Gasteiger partial charge in [0.05, 0.1) is 22.4 Å². The molecule has 10 aromatic rings. The van der Waals surface area contributed by atoms with Gasteiger partial charge in [-0.15, -0.1) is 0 Å². The fourth-order valence-corrected chi connectivity index (χ4v) is 9.35. The van der Waals surface area contributed by atoms with E-state index >= 15 is 0 Å². The van der Waals surface area contributed by atoms with Gasteiger partial charge >= 0.3 is 0 Å². The van der Waals surface area contributed by atoms with Gasteiger partial charge < -0.3 is 4.57 Å². The van der Waals surface area contributed by atoms with Gasteiger partial charge in [-0.1, -0.05) is 116 Å². The largest absolute Gasteiger partial charge is 0.309 e. The molecule has 5 heteroatoms. The molecule has 0 fully saturated rings. The van der Waals surface area contributed by atoms with Gasteiger partial charge in [-0.05, 0) is 137 Å². The fourth-order valence-electron chi connectivity index (χ4n) is 9.35. The molecule has 292 valence electrons. The quantitative estimate of drug-likeness (QED) is 0.154. The number of fused-ring (bicyclic) bond motifs is 6. The fraction of sp³-hybridized carbons (Fsp3) is 0.0714. The van der Waals surface area contributed by atoms with Gasteiger partial charge in [-0.2, -0.15) is 0 Å². The second-order valence-electron chi connectivity index (χ2n) is 16.4. The molecular formula is C56H43N5. The first kappa shape index (κ1) is 36.3. The third-order valence-corrected chi connectivity index (χ3v) is 12.3. The second-order valence-corrected chi connectivity index (χ2v) is 16.4. The van der Waals surface area contributed by atoms with Crippen molar-refractivity contribution in [2.45, 2.75) is 26.2 Å². The number of hydrogen-bond donors (Lipinski definition) is 0. The number of hydrogen-bond acceptors (Lipinski definition) is 4. The molecule has 1 aliphatic carbocycles. The maximum atomic E-state index is 5.01. The normalized spacial score (nSPS) is 12.6. The van der Waals surface area contributed by atoms with E-state index in [1.807, 2.05) is 24.5 Å². The van der Waals surface area contributed by atoms with Crippen LogP contribution in [0.15, 0.2) is 207 Å². The van der Waals surface area contributed by atoms with Crippen LogP contribution in [0.4, 0.5) is 34.4 Å². The average Bonchev–Trinajstić information content (AvgIpc) is 3.76. The molecular weight excluding hydrogens is 743 g/mol.